The van der Waals surface area contributed by atoms with Crippen LogP contribution >= 0.6 is 23.4 Å². The largest absolute Gasteiger partial charge is 0.444 e. The van der Waals surface area contributed by atoms with E-state index >= 15 is 0 Å². The molecular weight excluding hydrogens is 522 g/mol. The first-order chi connectivity index (χ1) is 17.8. The summed E-state index contributed by atoms with van der Waals surface area (Å²) in [5.41, 5.74) is 1.94. The normalized spacial score (nSPS) is 18.7. The summed E-state index contributed by atoms with van der Waals surface area (Å²) in [7, 11) is 0. The van der Waals surface area contributed by atoms with Crippen LogP contribution in [-0.2, 0) is 15.3 Å². The molecule has 2 aliphatic rings. The van der Waals surface area contributed by atoms with E-state index in [-0.39, 0.29) is 5.91 Å². The van der Waals surface area contributed by atoms with E-state index in [2.05, 4.69) is 27.1 Å². The first kappa shape index (κ1) is 28.5. The molecule has 8 nitrogen and oxygen atoms in total. The predicted molar refractivity (Wildman–Crippen MR) is 153 cm³/mol. The number of thioether (sulfide) groups is 1. The van der Waals surface area contributed by atoms with Gasteiger partial charge < -0.3 is 19.9 Å². The number of aromatic nitrogens is 2. The van der Waals surface area contributed by atoms with Gasteiger partial charge in [0.1, 0.15) is 17.7 Å². The van der Waals surface area contributed by atoms with Crippen LogP contribution in [0.3, 0.4) is 0 Å². The third-order valence-electron chi connectivity index (χ3n) is 6.84. The summed E-state index contributed by atoms with van der Waals surface area (Å²) in [6.45, 7) is 14.1. The van der Waals surface area contributed by atoms with Gasteiger partial charge in [-0.15, -0.1) is 11.8 Å². The lowest BCUT2D eigenvalue weighted by atomic mass is 9.84. The van der Waals surface area contributed by atoms with Gasteiger partial charge in [0.2, 0.25) is 5.91 Å². The van der Waals surface area contributed by atoms with Crippen LogP contribution in [0.4, 0.5) is 10.6 Å². The van der Waals surface area contributed by atoms with Crippen molar-refractivity contribution in [2.75, 3.05) is 31.1 Å². The number of rotatable bonds is 6. The number of halogens is 1. The van der Waals surface area contributed by atoms with Crippen molar-refractivity contribution in [3.8, 4) is 0 Å². The molecule has 4 rings (SSSR count). The fourth-order valence-corrected chi connectivity index (χ4v) is 6.21. The Labute approximate surface area is 234 Å². The Kier molecular flexibility index (Phi) is 8.47. The van der Waals surface area contributed by atoms with Gasteiger partial charge in [-0.05, 0) is 65.7 Å². The van der Waals surface area contributed by atoms with Crippen LogP contribution in [0, 0.1) is 0 Å². The Bertz CT molecular complexity index is 1160. The smallest absolute Gasteiger partial charge is 0.408 e. The van der Waals surface area contributed by atoms with Gasteiger partial charge in [-0.1, -0.05) is 23.7 Å². The predicted octanol–water partition coefficient (Wildman–Crippen LogP) is 5.56. The fourth-order valence-electron chi connectivity index (χ4n) is 5.04. The number of amides is 2. The lowest BCUT2D eigenvalue weighted by molar-refractivity contribution is -0.133. The highest BCUT2D eigenvalue weighted by Crippen LogP contribution is 2.44. The van der Waals surface area contributed by atoms with E-state index in [0.29, 0.717) is 42.9 Å². The summed E-state index contributed by atoms with van der Waals surface area (Å²) in [5, 5.41) is 3.94. The van der Waals surface area contributed by atoms with Crippen molar-refractivity contribution in [2.45, 2.75) is 76.0 Å². The molecular formula is C28H38ClN5O3S. The molecule has 0 bridgehead atoms. The van der Waals surface area contributed by atoms with Crippen molar-refractivity contribution in [1.29, 1.82) is 0 Å². The quantitative estimate of drug-likeness (QED) is 0.495. The van der Waals surface area contributed by atoms with Crippen LogP contribution in [-0.4, -0.2) is 64.2 Å². The summed E-state index contributed by atoms with van der Waals surface area (Å²) in [5.74, 6) is 1.52. The van der Waals surface area contributed by atoms with Crippen molar-refractivity contribution in [1.82, 2.24) is 20.2 Å². The first-order valence-electron chi connectivity index (χ1n) is 13.1. The summed E-state index contributed by atoms with van der Waals surface area (Å²) < 4.78 is 5.47. The monoisotopic (exact) mass is 559 g/mol. The third-order valence-corrected chi connectivity index (χ3v) is 8.26. The molecule has 1 fully saturated rings. The standard InChI is InChI=1S/C28H38ClN5O3S/c1-18-23-22(16-38-18)30-17-31-24(23)33-11-13-34(14-12-33)25(35)21(19-7-9-20(29)10-8-19)15-28(5,6)32-26(36)37-27(2,3)4/h7-10,17-18,21H,11-16H2,1-6H3,(H,32,36). The van der Waals surface area contributed by atoms with Crippen LogP contribution in [0.1, 0.15) is 76.0 Å². The number of alkyl carbamates (subject to hydrolysis) is 1. The molecule has 2 atom stereocenters. The zero-order valence-corrected chi connectivity index (χ0v) is 24.7. The molecule has 0 spiro atoms. The second kappa shape index (κ2) is 11.3. The molecule has 1 aromatic carbocycles. The minimum Gasteiger partial charge on any atom is -0.444 e. The molecule has 38 heavy (non-hydrogen) atoms. The molecule has 1 aromatic heterocycles. The highest BCUT2D eigenvalue weighted by atomic mass is 35.5. The van der Waals surface area contributed by atoms with Gasteiger partial charge in [0.05, 0.1) is 11.6 Å². The van der Waals surface area contributed by atoms with Crippen molar-refractivity contribution >= 4 is 41.2 Å². The molecule has 206 valence electrons. The molecule has 3 heterocycles. The molecule has 2 amide bonds. The zero-order chi connectivity index (χ0) is 27.7. The second-order valence-corrected chi connectivity index (χ2v) is 13.4. The van der Waals surface area contributed by atoms with Crippen LogP contribution in [0.2, 0.25) is 5.02 Å². The number of benzene rings is 1. The fraction of sp³-hybridized carbons (Fsp3) is 0.571. The Morgan fingerprint density at radius 1 is 1.11 bits per heavy atom. The second-order valence-electron chi connectivity index (χ2n) is 11.6. The van der Waals surface area contributed by atoms with E-state index in [0.717, 1.165) is 22.8 Å². The average molecular weight is 560 g/mol. The van der Waals surface area contributed by atoms with Crippen molar-refractivity contribution in [2.24, 2.45) is 0 Å². The molecule has 0 aliphatic carbocycles. The molecule has 2 aliphatic heterocycles. The highest BCUT2D eigenvalue weighted by Gasteiger charge is 2.36. The number of carbonyl (C=O) groups is 2. The molecule has 0 radical (unpaired) electrons. The number of hydrogen-bond donors (Lipinski definition) is 1. The van der Waals surface area contributed by atoms with Crippen LogP contribution in [0.5, 0.6) is 0 Å². The van der Waals surface area contributed by atoms with Gasteiger partial charge in [0.25, 0.3) is 0 Å². The number of ether oxygens (including phenoxy) is 1. The number of carbonyl (C=O) groups excluding carboxylic acids is 2. The first-order valence-corrected chi connectivity index (χ1v) is 14.5. The van der Waals surface area contributed by atoms with Gasteiger partial charge in [0.15, 0.2) is 0 Å². The van der Waals surface area contributed by atoms with Gasteiger partial charge in [-0.25, -0.2) is 14.8 Å². The Balaban J connectivity index is 1.48. The number of nitrogens with zero attached hydrogens (tertiary/aromatic N) is 4. The van der Waals surface area contributed by atoms with Crippen molar-refractivity contribution in [3.05, 3.63) is 52.4 Å². The van der Waals surface area contributed by atoms with E-state index in [1.807, 2.05) is 63.4 Å². The molecule has 0 saturated carbocycles. The molecule has 1 saturated heterocycles. The molecule has 2 unspecified atom stereocenters. The Morgan fingerprint density at radius 2 is 1.76 bits per heavy atom. The maximum absolute atomic E-state index is 14.0. The van der Waals surface area contributed by atoms with Crippen LogP contribution in [0.25, 0.3) is 0 Å². The topological polar surface area (TPSA) is 87.7 Å². The Hall–Kier alpha value is -2.52. The van der Waals surface area contributed by atoms with Gasteiger partial charge in [-0.3, -0.25) is 4.79 Å². The molecule has 10 heteroatoms. The Morgan fingerprint density at radius 3 is 2.39 bits per heavy atom. The number of fused-ring (bicyclic) bond motifs is 1. The van der Waals surface area contributed by atoms with Gasteiger partial charge in [0, 0.05) is 53.3 Å². The minimum atomic E-state index is -0.681. The number of hydrogen-bond acceptors (Lipinski definition) is 7. The van der Waals surface area contributed by atoms with Crippen molar-refractivity contribution < 1.29 is 14.3 Å². The average Bonchev–Trinajstić information content (AvgIpc) is 3.22. The summed E-state index contributed by atoms with van der Waals surface area (Å²) in [6, 6.07) is 7.40. The van der Waals surface area contributed by atoms with Crippen LogP contribution in [0.15, 0.2) is 30.6 Å². The SMILES string of the molecule is CC1SCc2ncnc(N3CCN(C(=O)C(CC(C)(C)NC(=O)OC(C)(C)C)c4ccc(Cl)cc4)CC3)c21. The van der Waals surface area contributed by atoms with E-state index in [1.165, 1.54) is 5.56 Å². The summed E-state index contributed by atoms with van der Waals surface area (Å²) in [4.78, 5) is 39.8. The van der Waals surface area contributed by atoms with E-state index in [4.69, 9.17) is 16.3 Å². The zero-order valence-electron chi connectivity index (χ0n) is 23.1. The minimum absolute atomic E-state index is 0.0443. The van der Waals surface area contributed by atoms with Crippen molar-refractivity contribution in [3.63, 3.8) is 0 Å². The molecule has 2 aromatic rings. The summed E-state index contributed by atoms with van der Waals surface area (Å²) in [6.07, 6.45) is 1.57. The number of anilines is 1. The number of piperazine rings is 1. The maximum Gasteiger partial charge on any atom is 0.408 e. The maximum atomic E-state index is 14.0. The third kappa shape index (κ3) is 6.91. The molecule has 1 N–H and O–H groups in total. The van der Waals surface area contributed by atoms with E-state index in [9.17, 15) is 9.59 Å². The van der Waals surface area contributed by atoms with Gasteiger partial charge in [-0.2, -0.15) is 0 Å². The van der Waals surface area contributed by atoms with Gasteiger partial charge >= 0.3 is 6.09 Å². The lowest BCUT2D eigenvalue weighted by Gasteiger charge is -2.39. The van der Waals surface area contributed by atoms with Crippen LogP contribution < -0.4 is 10.2 Å². The number of nitrogens with one attached hydrogen (secondary N) is 1. The highest BCUT2D eigenvalue weighted by molar-refractivity contribution is 7.99. The summed E-state index contributed by atoms with van der Waals surface area (Å²) >= 11 is 8.03. The van der Waals surface area contributed by atoms with E-state index in [1.54, 1.807) is 18.5 Å². The lowest BCUT2D eigenvalue weighted by Crippen LogP contribution is -2.52. The van der Waals surface area contributed by atoms with E-state index < -0.39 is 23.2 Å².